The molecule has 0 spiro atoms. The van der Waals surface area contributed by atoms with E-state index in [9.17, 15) is 0 Å². The van der Waals surface area contributed by atoms with Crippen LogP contribution in [-0.2, 0) is 0 Å². The molecule has 0 saturated carbocycles. The van der Waals surface area contributed by atoms with Crippen molar-refractivity contribution in [1.82, 2.24) is 19.9 Å². The van der Waals surface area contributed by atoms with Crippen LogP contribution < -0.4 is 0 Å². The third-order valence-corrected chi connectivity index (χ3v) is 4.89. The summed E-state index contributed by atoms with van der Waals surface area (Å²) in [6.07, 6.45) is 3.45. The van der Waals surface area contributed by atoms with E-state index < -0.39 is 0 Å². The van der Waals surface area contributed by atoms with Crippen LogP contribution in [0.2, 0.25) is 0 Å². The Morgan fingerprint density at radius 3 is 1.73 bits per heavy atom. The van der Waals surface area contributed by atoms with Crippen molar-refractivity contribution in [2.75, 3.05) is 0 Å². The van der Waals surface area contributed by atoms with Gasteiger partial charge in [-0.25, -0.2) is 9.97 Å². The zero-order valence-corrected chi connectivity index (χ0v) is 13.7. The van der Waals surface area contributed by atoms with Gasteiger partial charge in [0.2, 0.25) is 0 Å². The highest BCUT2D eigenvalue weighted by Gasteiger charge is 2.14. The molecule has 0 aliphatic rings. The van der Waals surface area contributed by atoms with E-state index in [1.54, 1.807) is 12.4 Å². The van der Waals surface area contributed by atoms with E-state index in [-0.39, 0.29) is 0 Å². The van der Waals surface area contributed by atoms with E-state index in [0.717, 1.165) is 43.9 Å². The van der Waals surface area contributed by atoms with Crippen molar-refractivity contribution in [1.29, 1.82) is 0 Å². The van der Waals surface area contributed by atoms with E-state index >= 15 is 0 Å². The summed E-state index contributed by atoms with van der Waals surface area (Å²) in [5.74, 6) is 0. The molecule has 0 atom stereocenters. The second-order valence-corrected chi connectivity index (χ2v) is 6.41. The average molecular weight is 332 g/mol. The van der Waals surface area contributed by atoms with Gasteiger partial charge in [0.25, 0.3) is 0 Å². The lowest BCUT2D eigenvalue weighted by atomic mass is 10.0. The summed E-state index contributed by atoms with van der Waals surface area (Å²) in [7, 11) is 0. The van der Waals surface area contributed by atoms with Crippen molar-refractivity contribution in [2.45, 2.75) is 0 Å². The molecule has 4 heteroatoms. The molecule has 6 rings (SSSR count). The number of benzene rings is 4. The van der Waals surface area contributed by atoms with Gasteiger partial charge in [-0.1, -0.05) is 36.4 Å². The van der Waals surface area contributed by atoms with Gasteiger partial charge in [-0.05, 0) is 35.0 Å². The van der Waals surface area contributed by atoms with Crippen LogP contribution in [0.5, 0.6) is 0 Å². The van der Waals surface area contributed by atoms with E-state index in [1.807, 2.05) is 24.3 Å². The topological polar surface area (TPSA) is 51.6 Å². The van der Waals surface area contributed by atoms with Crippen molar-refractivity contribution < 1.29 is 0 Å². The molecule has 0 unspecified atom stereocenters. The highest BCUT2D eigenvalue weighted by atomic mass is 14.9. The fourth-order valence-electron chi connectivity index (χ4n) is 3.69. The second kappa shape index (κ2) is 4.92. The minimum Gasteiger partial charge on any atom is -0.252 e. The van der Waals surface area contributed by atoms with Gasteiger partial charge in [-0.2, -0.15) is 0 Å². The Morgan fingerprint density at radius 2 is 1.04 bits per heavy atom. The monoisotopic (exact) mass is 332 g/mol. The number of hydrogen-bond donors (Lipinski definition) is 0. The third kappa shape index (κ3) is 1.78. The van der Waals surface area contributed by atoms with E-state index in [1.165, 1.54) is 10.8 Å². The van der Waals surface area contributed by atoms with Crippen LogP contribution in [0.4, 0.5) is 0 Å². The van der Waals surface area contributed by atoms with Crippen LogP contribution in [-0.4, -0.2) is 19.9 Å². The minimum absolute atomic E-state index is 0.795. The summed E-state index contributed by atoms with van der Waals surface area (Å²) in [5, 5.41) is 4.48. The molecule has 0 N–H and O–H groups in total. The number of nitrogens with zero attached hydrogens (tertiary/aromatic N) is 4. The highest BCUT2D eigenvalue weighted by molar-refractivity contribution is 6.23. The smallest absolute Gasteiger partial charge is 0.118 e. The zero-order valence-electron chi connectivity index (χ0n) is 13.7. The lowest BCUT2D eigenvalue weighted by Gasteiger charge is -2.10. The number of hydrogen-bond acceptors (Lipinski definition) is 4. The molecular weight excluding hydrogens is 320 g/mol. The normalized spacial score (nSPS) is 11.8. The van der Waals surface area contributed by atoms with E-state index in [0.29, 0.717) is 0 Å². The molecule has 120 valence electrons. The molecule has 0 aliphatic heterocycles. The Bertz CT molecular complexity index is 1370. The summed E-state index contributed by atoms with van der Waals surface area (Å²) >= 11 is 0. The highest BCUT2D eigenvalue weighted by Crippen LogP contribution is 2.34. The van der Waals surface area contributed by atoms with Gasteiger partial charge in [0.15, 0.2) is 0 Å². The Morgan fingerprint density at radius 1 is 0.500 bits per heavy atom. The van der Waals surface area contributed by atoms with Gasteiger partial charge >= 0.3 is 0 Å². The van der Waals surface area contributed by atoms with Crippen molar-refractivity contribution in [2.24, 2.45) is 0 Å². The molecule has 2 aromatic heterocycles. The van der Waals surface area contributed by atoms with Gasteiger partial charge < -0.3 is 0 Å². The molecule has 0 radical (unpaired) electrons. The summed E-state index contributed by atoms with van der Waals surface area (Å²) in [6, 6.07) is 20.6. The summed E-state index contributed by atoms with van der Waals surface area (Å²) < 4.78 is 0. The fourth-order valence-corrected chi connectivity index (χ4v) is 3.69. The minimum atomic E-state index is 0.795. The first-order valence-electron chi connectivity index (χ1n) is 8.50. The molecule has 0 fully saturated rings. The Hall–Kier alpha value is -3.66. The van der Waals surface area contributed by atoms with E-state index in [4.69, 9.17) is 9.97 Å². The molecule has 2 heterocycles. The molecule has 26 heavy (non-hydrogen) atoms. The Balaban J connectivity index is 1.97. The number of fused-ring (bicyclic) bond motifs is 8. The number of aromatic nitrogens is 4. The molecule has 0 aliphatic carbocycles. The molecular formula is C22H12N4. The SMILES string of the molecule is c1ccc2cc3c(cc2c1)c1nccnc1c1nc2ccccc2nc31. The van der Waals surface area contributed by atoms with Crippen molar-refractivity contribution >= 4 is 54.6 Å². The number of para-hydroxylation sites is 2. The van der Waals surface area contributed by atoms with Crippen LogP contribution in [0.15, 0.2) is 73.1 Å². The first-order valence-corrected chi connectivity index (χ1v) is 8.50. The third-order valence-electron chi connectivity index (χ3n) is 4.89. The largest absolute Gasteiger partial charge is 0.252 e. The summed E-state index contributed by atoms with van der Waals surface area (Å²) in [6.45, 7) is 0. The Kier molecular flexibility index (Phi) is 2.58. The Labute approximate surface area is 148 Å². The van der Waals surface area contributed by atoms with Crippen LogP contribution in [0.1, 0.15) is 0 Å². The van der Waals surface area contributed by atoms with Crippen molar-refractivity contribution in [3.05, 3.63) is 73.1 Å². The summed E-state index contributed by atoms with van der Waals surface area (Å²) in [4.78, 5) is 19.0. The molecule has 4 aromatic carbocycles. The van der Waals surface area contributed by atoms with Crippen molar-refractivity contribution in [3.63, 3.8) is 0 Å². The average Bonchev–Trinajstić information content (AvgIpc) is 2.71. The maximum Gasteiger partial charge on any atom is 0.118 e. The molecule has 0 saturated heterocycles. The van der Waals surface area contributed by atoms with Gasteiger partial charge in [-0.3, -0.25) is 9.97 Å². The quantitative estimate of drug-likeness (QED) is 0.289. The van der Waals surface area contributed by atoms with Crippen LogP contribution in [0.25, 0.3) is 54.6 Å². The van der Waals surface area contributed by atoms with Crippen LogP contribution in [0.3, 0.4) is 0 Å². The van der Waals surface area contributed by atoms with Crippen LogP contribution in [0, 0.1) is 0 Å². The number of rotatable bonds is 0. The predicted molar refractivity (Wildman–Crippen MR) is 105 cm³/mol. The van der Waals surface area contributed by atoms with Gasteiger partial charge in [0.1, 0.15) is 11.0 Å². The van der Waals surface area contributed by atoms with Gasteiger partial charge in [0.05, 0.1) is 22.1 Å². The molecule has 0 bridgehead atoms. The first kappa shape index (κ1) is 13.6. The maximum atomic E-state index is 4.93. The second-order valence-electron chi connectivity index (χ2n) is 6.41. The predicted octanol–water partition coefficient (Wildman–Crippen LogP) is 5.03. The maximum absolute atomic E-state index is 4.93. The van der Waals surface area contributed by atoms with Gasteiger partial charge in [-0.15, -0.1) is 0 Å². The van der Waals surface area contributed by atoms with Crippen LogP contribution >= 0.6 is 0 Å². The lowest BCUT2D eigenvalue weighted by molar-refractivity contribution is 1.30. The molecule has 4 nitrogen and oxygen atoms in total. The molecule has 0 amide bonds. The lowest BCUT2D eigenvalue weighted by Crippen LogP contribution is -1.94. The van der Waals surface area contributed by atoms with Crippen molar-refractivity contribution in [3.8, 4) is 0 Å². The molecule has 6 aromatic rings. The van der Waals surface area contributed by atoms with E-state index in [2.05, 4.69) is 46.4 Å². The van der Waals surface area contributed by atoms with Gasteiger partial charge in [0, 0.05) is 23.2 Å². The zero-order chi connectivity index (χ0) is 17.1. The fraction of sp³-hybridized carbons (Fsp3) is 0. The summed E-state index contributed by atoms with van der Waals surface area (Å²) in [5.41, 5.74) is 5.09. The standard InChI is InChI=1S/C22H12N4/c1-2-6-14-12-16-15(11-13(14)5-1)19-21(24-10-9-23-19)22-20(16)25-17-7-3-4-8-18(17)26-22/h1-12H. The first-order chi connectivity index (χ1) is 12.9.